The number of anilines is 1. The number of halogens is 1. The van der Waals surface area contributed by atoms with Gasteiger partial charge in [-0.3, -0.25) is 9.59 Å². The number of likely N-dealkylation sites (tertiary alicyclic amines) is 1. The molecular formula is C20H25FN4O2S. The molecule has 2 amide bonds. The lowest BCUT2D eigenvalue weighted by molar-refractivity contribution is -0.128. The average Bonchev–Trinajstić information content (AvgIpc) is 3.19. The lowest BCUT2D eigenvalue weighted by Crippen LogP contribution is -2.30. The van der Waals surface area contributed by atoms with Crippen LogP contribution >= 0.6 is 11.3 Å². The summed E-state index contributed by atoms with van der Waals surface area (Å²) in [4.78, 5) is 26.5. The zero-order chi connectivity index (χ0) is 20.3. The Balaban J connectivity index is 1.51. The van der Waals surface area contributed by atoms with Gasteiger partial charge in [-0.1, -0.05) is 44.2 Å². The van der Waals surface area contributed by atoms with E-state index < -0.39 is 5.92 Å². The number of aromatic nitrogens is 2. The molecule has 1 saturated heterocycles. The molecule has 0 aliphatic carbocycles. The van der Waals surface area contributed by atoms with Crippen molar-refractivity contribution in [1.29, 1.82) is 0 Å². The topological polar surface area (TPSA) is 75.2 Å². The zero-order valence-corrected chi connectivity index (χ0v) is 17.2. The molecule has 2 aromatic rings. The van der Waals surface area contributed by atoms with Crippen LogP contribution in [0, 0.1) is 17.2 Å². The highest BCUT2D eigenvalue weighted by Crippen LogP contribution is 2.26. The number of hydrogen-bond donors (Lipinski definition) is 1. The molecule has 1 N–H and O–H groups in total. The van der Waals surface area contributed by atoms with Gasteiger partial charge in [0.1, 0.15) is 10.8 Å². The van der Waals surface area contributed by atoms with Crippen LogP contribution in [0.15, 0.2) is 24.3 Å². The molecule has 8 heteroatoms. The Kier molecular flexibility index (Phi) is 6.07. The van der Waals surface area contributed by atoms with Crippen molar-refractivity contribution in [2.24, 2.45) is 11.3 Å². The second-order valence-electron chi connectivity index (χ2n) is 8.34. The summed E-state index contributed by atoms with van der Waals surface area (Å²) in [7, 11) is 0. The Morgan fingerprint density at radius 2 is 2.00 bits per heavy atom. The quantitative estimate of drug-likeness (QED) is 0.802. The molecule has 28 heavy (non-hydrogen) atoms. The van der Waals surface area contributed by atoms with Crippen LogP contribution < -0.4 is 5.32 Å². The molecule has 1 atom stereocenters. The van der Waals surface area contributed by atoms with E-state index in [4.69, 9.17) is 0 Å². The maximum absolute atomic E-state index is 13.0. The maximum atomic E-state index is 13.0. The minimum atomic E-state index is -0.393. The van der Waals surface area contributed by atoms with Crippen LogP contribution in [0.5, 0.6) is 0 Å². The van der Waals surface area contributed by atoms with E-state index in [1.165, 1.54) is 23.5 Å². The predicted molar refractivity (Wildman–Crippen MR) is 106 cm³/mol. The molecule has 1 aliphatic heterocycles. The first kappa shape index (κ1) is 20.4. The third kappa shape index (κ3) is 5.58. The molecule has 1 aromatic carbocycles. The smallest absolute Gasteiger partial charge is 0.231 e. The van der Waals surface area contributed by atoms with Gasteiger partial charge in [-0.25, -0.2) is 4.39 Å². The van der Waals surface area contributed by atoms with Crippen molar-refractivity contribution in [2.45, 2.75) is 40.0 Å². The van der Waals surface area contributed by atoms with E-state index in [-0.39, 0.29) is 29.5 Å². The molecule has 1 fully saturated rings. The molecule has 0 bridgehead atoms. The molecule has 0 spiro atoms. The Bertz CT molecular complexity index is 845. The van der Waals surface area contributed by atoms with Gasteiger partial charge in [0.05, 0.1) is 5.92 Å². The van der Waals surface area contributed by atoms with E-state index in [9.17, 15) is 14.0 Å². The van der Waals surface area contributed by atoms with E-state index in [0.29, 0.717) is 24.6 Å². The number of nitrogens with one attached hydrogen (secondary N) is 1. The summed E-state index contributed by atoms with van der Waals surface area (Å²) in [5, 5.41) is 12.3. The van der Waals surface area contributed by atoms with Gasteiger partial charge < -0.3 is 10.2 Å². The third-order valence-corrected chi connectivity index (χ3v) is 5.39. The minimum Gasteiger partial charge on any atom is -0.342 e. The summed E-state index contributed by atoms with van der Waals surface area (Å²) in [6.45, 7) is 7.27. The molecule has 1 aromatic heterocycles. The summed E-state index contributed by atoms with van der Waals surface area (Å²) in [6, 6.07) is 6.25. The first-order valence-corrected chi connectivity index (χ1v) is 10.2. The van der Waals surface area contributed by atoms with Gasteiger partial charge in [0, 0.05) is 25.9 Å². The first-order valence-electron chi connectivity index (χ1n) is 9.35. The number of amides is 2. The van der Waals surface area contributed by atoms with Crippen molar-refractivity contribution in [3.63, 3.8) is 0 Å². The second-order valence-corrected chi connectivity index (χ2v) is 9.41. The molecule has 3 rings (SSSR count). The summed E-state index contributed by atoms with van der Waals surface area (Å²) in [6.07, 6.45) is 1.62. The highest BCUT2D eigenvalue weighted by atomic mass is 32.1. The summed E-state index contributed by atoms with van der Waals surface area (Å²) in [5.41, 5.74) is 1.06. The highest BCUT2D eigenvalue weighted by Gasteiger charge is 2.34. The van der Waals surface area contributed by atoms with Gasteiger partial charge in [-0.05, 0) is 29.5 Å². The molecule has 6 nitrogen and oxygen atoms in total. The molecule has 1 aliphatic rings. The second kappa shape index (κ2) is 8.34. The monoisotopic (exact) mass is 404 g/mol. The third-order valence-electron chi connectivity index (χ3n) is 4.55. The number of nitrogens with zero attached hydrogens (tertiary/aromatic N) is 3. The van der Waals surface area contributed by atoms with Crippen molar-refractivity contribution in [3.05, 3.63) is 40.7 Å². The van der Waals surface area contributed by atoms with Gasteiger partial charge in [-0.15, -0.1) is 10.2 Å². The van der Waals surface area contributed by atoms with Crippen LogP contribution in [0.2, 0.25) is 0 Å². The molecule has 0 saturated carbocycles. The Morgan fingerprint density at radius 1 is 1.29 bits per heavy atom. The lowest BCUT2D eigenvalue weighted by atomic mass is 9.93. The van der Waals surface area contributed by atoms with Crippen molar-refractivity contribution in [2.75, 3.05) is 18.4 Å². The van der Waals surface area contributed by atoms with Crippen molar-refractivity contribution < 1.29 is 14.0 Å². The fourth-order valence-corrected chi connectivity index (χ4v) is 4.16. The van der Waals surface area contributed by atoms with Crippen LogP contribution in [-0.4, -0.2) is 40.0 Å². The average molecular weight is 405 g/mol. The standard InChI is InChI=1S/C20H25FN4O2S/c1-20(2,3)11-16-23-24-19(28-16)22-18(27)14-10-17(26)25(12-14)9-8-13-4-6-15(21)7-5-13/h4-7,14H,8-12H2,1-3H3,(H,22,24,27). The molecule has 2 heterocycles. The fourth-order valence-electron chi connectivity index (χ4n) is 3.12. The van der Waals surface area contributed by atoms with Gasteiger partial charge in [0.25, 0.3) is 0 Å². The van der Waals surface area contributed by atoms with Gasteiger partial charge in [0.15, 0.2) is 0 Å². The minimum absolute atomic E-state index is 0.0343. The lowest BCUT2D eigenvalue weighted by Gasteiger charge is -2.16. The number of carbonyl (C=O) groups excluding carboxylic acids is 2. The van der Waals surface area contributed by atoms with Crippen LogP contribution in [0.1, 0.15) is 37.8 Å². The fraction of sp³-hybridized carbons (Fsp3) is 0.500. The van der Waals surface area contributed by atoms with Crippen molar-refractivity contribution in [3.8, 4) is 0 Å². The molecular weight excluding hydrogens is 379 g/mol. The van der Waals surface area contributed by atoms with Gasteiger partial charge >= 0.3 is 0 Å². The summed E-state index contributed by atoms with van der Waals surface area (Å²) < 4.78 is 13.0. The van der Waals surface area contributed by atoms with E-state index in [0.717, 1.165) is 17.0 Å². The molecule has 150 valence electrons. The molecule has 0 radical (unpaired) electrons. The van der Waals surface area contributed by atoms with Crippen LogP contribution in [0.4, 0.5) is 9.52 Å². The number of carbonyl (C=O) groups is 2. The van der Waals surface area contributed by atoms with Crippen LogP contribution in [-0.2, 0) is 22.4 Å². The van der Waals surface area contributed by atoms with Crippen LogP contribution in [0.3, 0.4) is 0 Å². The zero-order valence-electron chi connectivity index (χ0n) is 16.4. The molecule has 1 unspecified atom stereocenters. The number of hydrogen-bond acceptors (Lipinski definition) is 5. The van der Waals surface area contributed by atoms with E-state index >= 15 is 0 Å². The summed E-state index contributed by atoms with van der Waals surface area (Å²) >= 11 is 1.37. The Morgan fingerprint density at radius 3 is 2.68 bits per heavy atom. The van der Waals surface area contributed by atoms with E-state index in [1.807, 2.05) is 0 Å². The Hall–Kier alpha value is -2.35. The van der Waals surface area contributed by atoms with Crippen molar-refractivity contribution >= 4 is 28.3 Å². The summed E-state index contributed by atoms with van der Waals surface area (Å²) in [5.74, 6) is -0.903. The maximum Gasteiger partial charge on any atom is 0.231 e. The Labute approximate surface area is 168 Å². The largest absolute Gasteiger partial charge is 0.342 e. The first-order chi connectivity index (χ1) is 13.2. The number of rotatable bonds is 6. The van der Waals surface area contributed by atoms with Gasteiger partial charge in [-0.2, -0.15) is 0 Å². The predicted octanol–water partition coefficient (Wildman–Crippen LogP) is 3.30. The SMILES string of the molecule is CC(C)(C)Cc1nnc(NC(=O)C2CC(=O)N(CCc3ccc(F)cc3)C2)s1. The number of benzene rings is 1. The highest BCUT2D eigenvalue weighted by molar-refractivity contribution is 7.15. The van der Waals surface area contributed by atoms with E-state index in [1.54, 1.807) is 17.0 Å². The normalized spacial score (nSPS) is 17.2. The van der Waals surface area contributed by atoms with Crippen molar-refractivity contribution in [1.82, 2.24) is 15.1 Å². The van der Waals surface area contributed by atoms with Crippen LogP contribution in [0.25, 0.3) is 0 Å². The van der Waals surface area contributed by atoms with Gasteiger partial charge in [0.2, 0.25) is 16.9 Å². The van der Waals surface area contributed by atoms with E-state index in [2.05, 4.69) is 36.3 Å².